The highest BCUT2D eigenvalue weighted by molar-refractivity contribution is 6.04. The largest absolute Gasteiger partial charge is 0.493 e. The Morgan fingerprint density at radius 1 is 1.06 bits per heavy atom. The third-order valence-corrected chi connectivity index (χ3v) is 6.33. The van der Waals surface area contributed by atoms with E-state index in [0.717, 1.165) is 51.7 Å². The van der Waals surface area contributed by atoms with Gasteiger partial charge >= 0.3 is 5.97 Å². The number of ether oxygens (including phenoxy) is 2. The second-order valence-electron chi connectivity index (χ2n) is 8.22. The smallest absolute Gasteiger partial charge is 0.311 e. The zero-order chi connectivity index (χ0) is 22.2. The molecule has 0 saturated heterocycles. The van der Waals surface area contributed by atoms with Crippen molar-refractivity contribution in [1.82, 2.24) is 0 Å². The Bertz CT molecular complexity index is 1270. The Hall–Kier alpha value is -3.60. The number of nitrogens with one attached hydrogen (secondary N) is 1. The van der Waals surface area contributed by atoms with Crippen LogP contribution in [-0.2, 0) is 9.59 Å². The molecular weight excluding hydrogens is 402 g/mol. The molecule has 0 bridgehead atoms. The summed E-state index contributed by atoms with van der Waals surface area (Å²) in [6.07, 6.45) is 2.55. The van der Waals surface area contributed by atoms with Gasteiger partial charge in [0.25, 0.3) is 0 Å². The van der Waals surface area contributed by atoms with Gasteiger partial charge in [0, 0.05) is 35.4 Å². The van der Waals surface area contributed by atoms with E-state index >= 15 is 0 Å². The van der Waals surface area contributed by atoms with Crippen LogP contribution in [0.4, 0.5) is 5.69 Å². The van der Waals surface area contributed by atoms with Crippen molar-refractivity contribution in [2.75, 3.05) is 12.4 Å². The van der Waals surface area contributed by atoms with Crippen LogP contribution in [0.2, 0.25) is 0 Å². The fourth-order valence-electron chi connectivity index (χ4n) is 4.79. The molecule has 0 radical (unpaired) electrons. The molecule has 0 fully saturated rings. The van der Waals surface area contributed by atoms with Crippen molar-refractivity contribution in [1.29, 1.82) is 0 Å². The van der Waals surface area contributed by atoms with Gasteiger partial charge < -0.3 is 14.8 Å². The number of hydrogen-bond acceptors (Lipinski definition) is 5. The number of benzene rings is 3. The van der Waals surface area contributed by atoms with Crippen LogP contribution in [0.25, 0.3) is 10.8 Å². The van der Waals surface area contributed by atoms with E-state index in [0.29, 0.717) is 17.9 Å². The van der Waals surface area contributed by atoms with Gasteiger partial charge in [0.2, 0.25) is 0 Å². The maximum atomic E-state index is 13.1. The number of esters is 1. The topological polar surface area (TPSA) is 64.6 Å². The van der Waals surface area contributed by atoms with Gasteiger partial charge in [-0.15, -0.1) is 0 Å². The third-order valence-electron chi connectivity index (χ3n) is 6.33. The predicted molar refractivity (Wildman–Crippen MR) is 124 cm³/mol. The molecule has 5 heteroatoms. The number of Topliss-reactive ketones (excluding diaryl/α,β-unsaturated/α-hetero) is 1. The SMILES string of the molecule is CCC(=O)Oc1ccc(C2C3=C(CCCC3=O)Nc3c2ccc2ccccc32)cc1OC. The van der Waals surface area contributed by atoms with Crippen LogP contribution in [-0.4, -0.2) is 18.9 Å². The molecule has 3 aromatic rings. The zero-order valence-electron chi connectivity index (χ0n) is 18.2. The van der Waals surface area contributed by atoms with Gasteiger partial charge in [-0.2, -0.15) is 0 Å². The number of carbonyl (C=O) groups is 2. The Balaban J connectivity index is 1.70. The quantitative estimate of drug-likeness (QED) is 0.426. The molecule has 1 heterocycles. The highest BCUT2D eigenvalue weighted by Gasteiger charge is 2.36. The molecule has 1 unspecified atom stereocenters. The average Bonchev–Trinajstić information content (AvgIpc) is 2.83. The van der Waals surface area contributed by atoms with Gasteiger partial charge in [-0.1, -0.05) is 49.4 Å². The molecule has 1 aliphatic heterocycles. The van der Waals surface area contributed by atoms with Gasteiger partial charge in [0.15, 0.2) is 17.3 Å². The first-order valence-electron chi connectivity index (χ1n) is 11.0. The highest BCUT2D eigenvalue weighted by atomic mass is 16.6. The average molecular weight is 428 g/mol. The maximum absolute atomic E-state index is 13.1. The Labute approximate surface area is 187 Å². The molecule has 1 aliphatic carbocycles. The normalized spacial score (nSPS) is 17.4. The highest BCUT2D eigenvalue weighted by Crippen LogP contribution is 2.48. The molecule has 32 heavy (non-hydrogen) atoms. The van der Waals surface area contributed by atoms with Crippen molar-refractivity contribution in [3.8, 4) is 11.5 Å². The lowest BCUT2D eigenvalue weighted by molar-refractivity contribution is -0.134. The van der Waals surface area contributed by atoms with Gasteiger partial charge in [0.05, 0.1) is 12.8 Å². The first-order valence-corrected chi connectivity index (χ1v) is 11.0. The van der Waals surface area contributed by atoms with Gasteiger partial charge in [-0.05, 0) is 41.5 Å². The molecule has 162 valence electrons. The van der Waals surface area contributed by atoms with Gasteiger partial charge in [-0.25, -0.2) is 0 Å². The van der Waals surface area contributed by atoms with E-state index in [1.165, 1.54) is 0 Å². The van der Waals surface area contributed by atoms with Crippen LogP contribution in [0, 0.1) is 0 Å². The minimum atomic E-state index is -0.317. The monoisotopic (exact) mass is 427 g/mol. The summed E-state index contributed by atoms with van der Waals surface area (Å²) >= 11 is 0. The Kier molecular flexibility index (Phi) is 5.17. The molecule has 0 aromatic heterocycles. The maximum Gasteiger partial charge on any atom is 0.311 e. The van der Waals surface area contributed by atoms with Crippen LogP contribution in [0.1, 0.15) is 49.7 Å². The Morgan fingerprint density at radius 2 is 1.91 bits per heavy atom. The lowest BCUT2D eigenvalue weighted by Crippen LogP contribution is -2.27. The number of fused-ring (bicyclic) bond motifs is 3. The molecule has 5 rings (SSSR count). The van der Waals surface area contributed by atoms with Crippen LogP contribution < -0.4 is 14.8 Å². The molecule has 1 atom stereocenters. The van der Waals surface area contributed by atoms with Crippen molar-refractivity contribution < 1.29 is 19.1 Å². The summed E-state index contributed by atoms with van der Waals surface area (Å²) in [4.78, 5) is 24.9. The molecule has 2 aliphatic rings. The standard InChI is InChI=1S/C27H25NO4/c1-3-24(30)32-22-14-12-17(15-23(22)31-2)25-19-13-11-16-7-4-5-8-18(16)27(19)28-20-9-6-10-21(29)26(20)25/h4-5,7-8,11-15,25,28H,3,6,9-10H2,1-2H3. The van der Waals surface area contributed by atoms with Crippen molar-refractivity contribution in [2.24, 2.45) is 0 Å². The summed E-state index contributed by atoms with van der Waals surface area (Å²) in [7, 11) is 1.56. The fraction of sp³-hybridized carbons (Fsp3) is 0.259. The van der Waals surface area contributed by atoms with Crippen LogP contribution in [0.3, 0.4) is 0 Å². The number of allylic oxidation sites excluding steroid dienone is 2. The van der Waals surface area contributed by atoms with Crippen molar-refractivity contribution in [2.45, 2.75) is 38.5 Å². The molecule has 3 aromatic carbocycles. The number of methoxy groups -OCH3 is 1. The molecule has 1 N–H and O–H groups in total. The van der Waals surface area contributed by atoms with E-state index < -0.39 is 0 Å². The van der Waals surface area contributed by atoms with E-state index in [2.05, 4.69) is 29.6 Å². The summed E-state index contributed by atoms with van der Waals surface area (Å²) in [6.45, 7) is 1.75. The van der Waals surface area contributed by atoms with E-state index in [1.54, 1.807) is 20.1 Å². The first-order chi connectivity index (χ1) is 15.6. The van der Waals surface area contributed by atoms with Gasteiger partial charge in [0.1, 0.15) is 0 Å². The number of anilines is 1. The zero-order valence-corrected chi connectivity index (χ0v) is 18.2. The van der Waals surface area contributed by atoms with E-state index in [1.807, 2.05) is 24.3 Å². The molecule has 0 spiro atoms. The molecular formula is C27H25NO4. The minimum absolute atomic E-state index is 0.183. The summed E-state index contributed by atoms with van der Waals surface area (Å²) in [5.74, 6) is 0.532. The third kappa shape index (κ3) is 3.34. The van der Waals surface area contributed by atoms with Crippen molar-refractivity contribution in [3.63, 3.8) is 0 Å². The van der Waals surface area contributed by atoms with E-state index in [-0.39, 0.29) is 24.1 Å². The number of ketones is 1. The number of rotatable bonds is 4. The lowest BCUT2D eigenvalue weighted by Gasteiger charge is -2.35. The molecule has 0 saturated carbocycles. The first kappa shape index (κ1) is 20.3. The molecule has 0 amide bonds. The van der Waals surface area contributed by atoms with Crippen molar-refractivity contribution in [3.05, 3.63) is 77.0 Å². The van der Waals surface area contributed by atoms with E-state index in [4.69, 9.17) is 9.47 Å². The summed E-state index contributed by atoms with van der Waals surface area (Å²) in [5.41, 5.74) is 4.91. The second-order valence-corrected chi connectivity index (χ2v) is 8.22. The fourth-order valence-corrected chi connectivity index (χ4v) is 4.79. The Morgan fingerprint density at radius 3 is 2.72 bits per heavy atom. The predicted octanol–water partition coefficient (Wildman–Crippen LogP) is 5.73. The van der Waals surface area contributed by atoms with E-state index in [9.17, 15) is 9.59 Å². The van der Waals surface area contributed by atoms with Gasteiger partial charge in [-0.3, -0.25) is 9.59 Å². The van der Waals surface area contributed by atoms with Crippen LogP contribution >= 0.6 is 0 Å². The summed E-state index contributed by atoms with van der Waals surface area (Å²) < 4.78 is 11.0. The number of carbonyl (C=O) groups excluding carboxylic acids is 2. The summed E-state index contributed by atoms with van der Waals surface area (Å²) in [6, 6.07) is 18.1. The molecule has 5 nitrogen and oxygen atoms in total. The van der Waals surface area contributed by atoms with Crippen molar-refractivity contribution >= 4 is 28.2 Å². The minimum Gasteiger partial charge on any atom is -0.493 e. The summed E-state index contributed by atoms with van der Waals surface area (Å²) in [5, 5.41) is 5.90. The second kappa shape index (κ2) is 8.15. The van der Waals surface area contributed by atoms with Crippen LogP contribution in [0.15, 0.2) is 65.9 Å². The van der Waals surface area contributed by atoms with Crippen LogP contribution in [0.5, 0.6) is 11.5 Å². The lowest BCUT2D eigenvalue weighted by atomic mass is 9.75. The number of hydrogen-bond donors (Lipinski definition) is 1.